The van der Waals surface area contributed by atoms with Gasteiger partial charge in [-0.3, -0.25) is 0 Å². The van der Waals surface area contributed by atoms with E-state index in [0.717, 1.165) is 10.8 Å². The summed E-state index contributed by atoms with van der Waals surface area (Å²) in [6.07, 6.45) is 3.64. The summed E-state index contributed by atoms with van der Waals surface area (Å²) in [6, 6.07) is 3.44. The number of anilines is 1. The lowest BCUT2D eigenvalue weighted by atomic mass is 10.4. The fraction of sp³-hybridized carbons (Fsp3) is 0.273. The fourth-order valence-corrected chi connectivity index (χ4v) is 2.29. The van der Waals surface area contributed by atoms with Crippen LogP contribution in [0.2, 0.25) is 0 Å². The van der Waals surface area contributed by atoms with E-state index in [0.29, 0.717) is 11.4 Å². The molecule has 5 nitrogen and oxygen atoms in total. The number of rotatable bonds is 4. The monoisotopic (exact) mass is 251 g/mol. The Hall–Kier alpha value is -1.82. The second-order valence-corrected chi connectivity index (χ2v) is 4.82. The molecular formula is C11H13N3O2S. The number of carbonyl (C=O) groups is 1. The third-order valence-corrected chi connectivity index (χ3v) is 3.67. The number of thiophene rings is 1. The van der Waals surface area contributed by atoms with E-state index in [1.54, 1.807) is 12.3 Å². The van der Waals surface area contributed by atoms with Crippen molar-refractivity contribution in [3.63, 3.8) is 0 Å². The standard InChI is InChI=1S/C11H13N3O2S/c1-13-6-5-12-9(13)7-14(2)10-4-3-8(17-10)11(15)16/h3-6H,7H2,1-2H3,(H,15,16). The van der Waals surface area contributed by atoms with Crippen molar-refractivity contribution in [1.29, 1.82) is 0 Å². The number of carboxylic acid groups (broad SMARTS) is 1. The zero-order valence-corrected chi connectivity index (χ0v) is 10.4. The van der Waals surface area contributed by atoms with Gasteiger partial charge in [-0.2, -0.15) is 0 Å². The first kappa shape index (κ1) is 11.7. The number of imidazole rings is 1. The molecule has 2 heterocycles. The normalized spacial score (nSPS) is 10.5. The first-order valence-corrected chi connectivity index (χ1v) is 5.90. The van der Waals surface area contributed by atoms with Gasteiger partial charge in [-0.05, 0) is 12.1 Å². The van der Waals surface area contributed by atoms with Crippen molar-refractivity contribution >= 4 is 22.3 Å². The number of hydrogen-bond donors (Lipinski definition) is 1. The molecule has 0 radical (unpaired) electrons. The van der Waals surface area contributed by atoms with Gasteiger partial charge in [-0.1, -0.05) is 0 Å². The number of aromatic carboxylic acids is 1. The largest absolute Gasteiger partial charge is 0.477 e. The summed E-state index contributed by atoms with van der Waals surface area (Å²) in [7, 11) is 3.86. The quantitative estimate of drug-likeness (QED) is 0.900. The molecule has 0 aliphatic rings. The molecule has 1 N–H and O–H groups in total. The lowest BCUT2D eigenvalue weighted by molar-refractivity contribution is 0.0702. The first-order chi connectivity index (χ1) is 8.08. The number of carboxylic acids is 1. The van der Waals surface area contributed by atoms with Crippen molar-refractivity contribution in [3.8, 4) is 0 Å². The molecule has 0 fully saturated rings. The number of aromatic nitrogens is 2. The van der Waals surface area contributed by atoms with Gasteiger partial charge in [0.2, 0.25) is 0 Å². The topological polar surface area (TPSA) is 58.4 Å². The molecule has 0 aliphatic heterocycles. The molecule has 0 aliphatic carbocycles. The van der Waals surface area contributed by atoms with Crippen LogP contribution in [-0.4, -0.2) is 27.7 Å². The van der Waals surface area contributed by atoms with E-state index in [-0.39, 0.29) is 0 Å². The Morgan fingerprint density at radius 2 is 2.35 bits per heavy atom. The highest BCUT2D eigenvalue weighted by Crippen LogP contribution is 2.25. The molecule has 0 unspecified atom stereocenters. The average molecular weight is 251 g/mol. The summed E-state index contributed by atoms with van der Waals surface area (Å²) in [5, 5.41) is 9.78. The van der Waals surface area contributed by atoms with Crippen LogP contribution in [0.15, 0.2) is 24.5 Å². The molecule has 2 aromatic rings. The van der Waals surface area contributed by atoms with E-state index in [1.807, 2.05) is 35.8 Å². The van der Waals surface area contributed by atoms with Crippen molar-refractivity contribution in [1.82, 2.24) is 9.55 Å². The van der Waals surface area contributed by atoms with Gasteiger partial charge in [0.25, 0.3) is 0 Å². The van der Waals surface area contributed by atoms with E-state index in [9.17, 15) is 4.79 Å². The fourth-order valence-electron chi connectivity index (χ4n) is 1.49. The van der Waals surface area contributed by atoms with E-state index < -0.39 is 5.97 Å². The predicted molar refractivity (Wildman–Crippen MR) is 66.6 cm³/mol. The van der Waals surface area contributed by atoms with Crippen molar-refractivity contribution < 1.29 is 9.90 Å². The molecule has 17 heavy (non-hydrogen) atoms. The summed E-state index contributed by atoms with van der Waals surface area (Å²) in [5.74, 6) is 0.0596. The second kappa shape index (κ2) is 4.58. The van der Waals surface area contributed by atoms with Gasteiger partial charge >= 0.3 is 5.97 Å². The summed E-state index contributed by atoms with van der Waals surface area (Å²) in [6.45, 7) is 0.656. The third-order valence-electron chi connectivity index (χ3n) is 2.48. The average Bonchev–Trinajstić information content (AvgIpc) is 2.88. The summed E-state index contributed by atoms with van der Waals surface area (Å²) in [5.41, 5.74) is 0. The van der Waals surface area contributed by atoms with Crippen molar-refractivity contribution in [3.05, 3.63) is 35.2 Å². The minimum absolute atomic E-state index is 0.353. The van der Waals surface area contributed by atoms with Crippen LogP contribution in [0.3, 0.4) is 0 Å². The molecule has 0 bridgehead atoms. The maximum Gasteiger partial charge on any atom is 0.345 e. The highest BCUT2D eigenvalue weighted by atomic mass is 32.1. The smallest absolute Gasteiger partial charge is 0.345 e. The van der Waals surface area contributed by atoms with Crippen molar-refractivity contribution in [2.24, 2.45) is 7.05 Å². The van der Waals surface area contributed by atoms with E-state index in [2.05, 4.69) is 4.98 Å². The molecule has 6 heteroatoms. The maximum atomic E-state index is 10.8. The Labute approximate surface area is 103 Å². The Kier molecular flexibility index (Phi) is 3.14. The lowest BCUT2D eigenvalue weighted by Crippen LogP contribution is -2.17. The molecule has 2 rings (SSSR count). The third kappa shape index (κ3) is 2.47. The highest BCUT2D eigenvalue weighted by molar-refractivity contribution is 7.17. The van der Waals surface area contributed by atoms with Gasteiger partial charge in [0, 0.05) is 26.5 Å². The second-order valence-electron chi connectivity index (χ2n) is 3.75. The van der Waals surface area contributed by atoms with E-state index >= 15 is 0 Å². The molecule has 0 saturated carbocycles. The summed E-state index contributed by atoms with van der Waals surface area (Å²) in [4.78, 5) is 17.4. The van der Waals surface area contributed by atoms with E-state index in [1.165, 1.54) is 11.3 Å². The minimum Gasteiger partial charge on any atom is -0.477 e. The predicted octanol–water partition coefficient (Wildman–Crippen LogP) is 1.82. The van der Waals surface area contributed by atoms with Crippen LogP contribution in [0.25, 0.3) is 0 Å². The van der Waals surface area contributed by atoms with Crippen LogP contribution in [-0.2, 0) is 13.6 Å². The molecule has 0 atom stereocenters. The van der Waals surface area contributed by atoms with Gasteiger partial charge in [0.1, 0.15) is 10.7 Å². The van der Waals surface area contributed by atoms with Crippen LogP contribution in [0.1, 0.15) is 15.5 Å². The van der Waals surface area contributed by atoms with Gasteiger partial charge < -0.3 is 14.6 Å². The Bertz CT molecular complexity index is 532. The summed E-state index contributed by atoms with van der Waals surface area (Å²) >= 11 is 1.27. The molecule has 90 valence electrons. The number of nitrogens with zero attached hydrogens (tertiary/aromatic N) is 3. The van der Waals surface area contributed by atoms with Crippen LogP contribution < -0.4 is 4.90 Å². The molecule has 0 spiro atoms. The molecule has 0 saturated heterocycles. The Morgan fingerprint density at radius 3 is 2.88 bits per heavy atom. The van der Waals surface area contributed by atoms with Crippen LogP contribution >= 0.6 is 11.3 Å². The molecular weight excluding hydrogens is 238 g/mol. The molecule has 0 aromatic carbocycles. The Balaban J connectivity index is 2.12. The zero-order chi connectivity index (χ0) is 12.4. The summed E-state index contributed by atoms with van der Waals surface area (Å²) < 4.78 is 1.95. The van der Waals surface area contributed by atoms with Crippen LogP contribution in [0, 0.1) is 0 Å². The SMILES string of the molecule is CN(Cc1nccn1C)c1ccc(C(=O)O)s1. The molecule has 2 aromatic heterocycles. The van der Waals surface area contributed by atoms with Crippen molar-refractivity contribution in [2.75, 3.05) is 11.9 Å². The van der Waals surface area contributed by atoms with Crippen LogP contribution in [0.4, 0.5) is 5.00 Å². The first-order valence-electron chi connectivity index (χ1n) is 5.08. The molecule has 0 amide bonds. The van der Waals surface area contributed by atoms with Gasteiger partial charge in [0.05, 0.1) is 11.5 Å². The Morgan fingerprint density at radius 1 is 1.59 bits per heavy atom. The van der Waals surface area contributed by atoms with Crippen LogP contribution in [0.5, 0.6) is 0 Å². The number of aryl methyl sites for hydroxylation is 1. The zero-order valence-electron chi connectivity index (χ0n) is 9.62. The van der Waals surface area contributed by atoms with E-state index in [4.69, 9.17) is 5.11 Å². The maximum absolute atomic E-state index is 10.8. The van der Waals surface area contributed by atoms with Gasteiger partial charge in [0.15, 0.2) is 0 Å². The van der Waals surface area contributed by atoms with Gasteiger partial charge in [-0.25, -0.2) is 9.78 Å². The van der Waals surface area contributed by atoms with Gasteiger partial charge in [-0.15, -0.1) is 11.3 Å². The van der Waals surface area contributed by atoms with Crippen molar-refractivity contribution in [2.45, 2.75) is 6.54 Å². The highest BCUT2D eigenvalue weighted by Gasteiger charge is 2.11. The minimum atomic E-state index is -0.883. The number of hydrogen-bond acceptors (Lipinski definition) is 4. The lowest BCUT2D eigenvalue weighted by Gasteiger charge is -2.16.